The third-order valence-corrected chi connectivity index (χ3v) is 2.71. The first-order valence-electron chi connectivity index (χ1n) is 5.37. The highest BCUT2D eigenvalue weighted by Crippen LogP contribution is 2.24. The number of aromatic nitrogens is 1. The second kappa shape index (κ2) is 5.67. The second-order valence-electron chi connectivity index (χ2n) is 3.65. The van der Waals surface area contributed by atoms with E-state index in [1.807, 2.05) is 0 Å². The average Bonchev–Trinajstić information content (AvgIpc) is 2.41. The molecule has 1 aromatic heterocycles. The minimum Gasteiger partial charge on any atom is -0.465 e. The Morgan fingerprint density at radius 3 is 2.84 bits per heavy atom. The van der Waals surface area contributed by atoms with E-state index >= 15 is 0 Å². The summed E-state index contributed by atoms with van der Waals surface area (Å²) in [4.78, 5) is 15.1. The molecule has 0 fully saturated rings. The molecular weight excluding hydrogens is 271 g/mol. The van der Waals surface area contributed by atoms with Crippen molar-refractivity contribution in [1.82, 2.24) is 4.98 Å². The lowest BCUT2D eigenvalue weighted by atomic mass is 10.2. The molecule has 0 amide bonds. The zero-order chi connectivity index (χ0) is 13.8. The van der Waals surface area contributed by atoms with Crippen molar-refractivity contribution in [2.45, 2.75) is 0 Å². The van der Waals surface area contributed by atoms with Crippen LogP contribution in [0.4, 0.5) is 15.8 Å². The molecule has 4 nitrogen and oxygen atoms in total. The first kappa shape index (κ1) is 13.3. The number of hydrogen-bond acceptors (Lipinski definition) is 4. The zero-order valence-electron chi connectivity index (χ0n) is 9.98. The minimum absolute atomic E-state index is 0.120. The summed E-state index contributed by atoms with van der Waals surface area (Å²) < 4.78 is 18.2. The van der Waals surface area contributed by atoms with Gasteiger partial charge in [0.15, 0.2) is 5.15 Å². The lowest BCUT2D eigenvalue weighted by Gasteiger charge is -2.08. The van der Waals surface area contributed by atoms with Gasteiger partial charge in [-0.1, -0.05) is 11.6 Å². The van der Waals surface area contributed by atoms with E-state index in [1.54, 1.807) is 24.4 Å². The van der Waals surface area contributed by atoms with Crippen LogP contribution in [0.2, 0.25) is 5.15 Å². The maximum absolute atomic E-state index is 13.7. The van der Waals surface area contributed by atoms with E-state index in [-0.39, 0.29) is 10.7 Å². The van der Waals surface area contributed by atoms with Gasteiger partial charge in [0.05, 0.1) is 18.4 Å². The van der Waals surface area contributed by atoms with Crippen LogP contribution in [0.5, 0.6) is 0 Å². The second-order valence-corrected chi connectivity index (χ2v) is 4.01. The van der Waals surface area contributed by atoms with Crippen LogP contribution in [0.25, 0.3) is 0 Å². The van der Waals surface area contributed by atoms with Gasteiger partial charge in [-0.25, -0.2) is 14.2 Å². The fourth-order valence-electron chi connectivity index (χ4n) is 1.50. The van der Waals surface area contributed by atoms with Gasteiger partial charge < -0.3 is 10.1 Å². The van der Waals surface area contributed by atoms with Crippen LogP contribution < -0.4 is 5.32 Å². The molecule has 98 valence electrons. The van der Waals surface area contributed by atoms with Gasteiger partial charge in [0.1, 0.15) is 5.82 Å². The van der Waals surface area contributed by atoms with E-state index in [0.29, 0.717) is 11.4 Å². The van der Waals surface area contributed by atoms with Gasteiger partial charge in [-0.05, 0) is 30.3 Å². The summed E-state index contributed by atoms with van der Waals surface area (Å²) in [5.74, 6) is -1.39. The molecule has 0 unspecified atom stereocenters. The maximum Gasteiger partial charge on any atom is 0.340 e. The van der Waals surface area contributed by atoms with Crippen molar-refractivity contribution in [2.75, 3.05) is 12.4 Å². The van der Waals surface area contributed by atoms with E-state index in [4.69, 9.17) is 11.6 Å². The SMILES string of the molecule is COC(=O)c1ccc(Nc2cccnc2Cl)cc1F. The number of nitrogens with one attached hydrogen (secondary N) is 1. The number of anilines is 2. The van der Waals surface area contributed by atoms with Crippen LogP contribution in [-0.2, 0) is 4.74 Å². The predicted octanol–water partition coefficient (Wildman–Crippen LogP) is 3.40. The van der Waals surface area contributed by atoms with Gasteiger partial charge >= 0.3 is 5.97 Å². The Balaban J connectivity index is 2.26. The molecule has 1 heterocycles. The molecule has 19 heavy (non-hydrogen) atoms. The highest BCUT2D eigenvalue weighted by atomic mass is 35.5. The number of carbonyl (C=O) groups excluding carboxylic acids is 1. The summed E-state index contributed by atoms with van der Waals surface area (Å²) in [5.41, 5.74) is 0.889. The van der Waals surface area contributed by atoms with E-state index in [0.717, 1.165) is 0 Å². The first-order chi connectivity index (χ1) is 9.11. The molecule has 0 saturated heterocycles. The van der Waals surface area contributed by atoms with Gasteiger partial charge in [-0.3, -0.25) is 0 Å². The van der Waals surface area contributed by atoms with Crippen molar-refractivity contribution in [1.29, 1.82) is 0 Å². The van der Waals surface area contributed by atoms with Crippen molar-refractivity contribution < 1.29 is 13.9 Å². The predicted molar refractivity (Wildman–Crippen MR) is 70.3 cm³/mol. The monoisotopic (exact) mass is 280 g/mol. The van der Waals surface area contributed by atoms with E-state index in [2.05, 4.69) is 15.0 Å². The molecule has 0 spiro atoms. The molecule has 0 aliphatic rings. The van der Waals surface area contributed by atoms with Crippen LogP contribution >= 0.6 is 11.6 Å². The first-order valence-corrected chi connectivity index (χ1v) is 5.75. The Morgan fingerprint density at radius 1 is 1.42 bits per heavy atom. The minimum atomic E-state index is -0.719. The van der Waals surface area contributed by atoms with Crippen molar-refractivity contribution in [2.24, 2.45) is 0 Å². The van der Waals surface area contributed by atoms with Crippen molar-refractivity contribution >= 4 is 28.9 Å². The third-order valence-electron chi connectivity index (χ3n) is 2.41. The summed E-state index contributed by atoms with van der Waals surface area (Å²) in [6.45, 7) is 0. The smallest absolute Gasteiger partial charge is 0.340 e. The van der Waals surface area contributed by atoms with Crippen molar-refractivity contribution in [3.8, 4) is 0 Å². The Labute approximate surface area is 114 Å². The van der Waals surface area contributed by atoms with Crippen molar-refractivity contribution in [3.05, 3.63) is 53.1 Å². The summed E-state index contributed by atoms with van der Waals surface area (Å²) in [5, 5.41) is 3.19. The number of nitrogens with zero attached hydrogens (tertiary/aromatic N) is 1. The van der Waals surface area contributed by atoms with Crippen LogP contribution in [0.3, 0.4) is 0 Å². The summed E-state index contributed by atoms with van der Waals surface area (Å²) in [6.07, 6.45) is 1.55. The van der Waals surface area contributed by atoms with Gasteiger partial charge in [0, 0.05) is 11.9 Å². The van der Waals surface area contributed by atoms with Crippen LogP contribution in [0, 0.1) is 5.82 Å². The van der Waals surface area contributed by atoms with Gasteiger partial charge in [0.2, 0.25) is 0 Å². The lowest BCUT2D eigenvalue weighted by Crippen LogP contribution is -2.04. The molecule has 2 rings (SSSR count). The molecule has 1 N–H and O–H groups in total. The largest absolute Gasteiger partial charge is 0.465 e. The van der Waals surface area contributed by atoms with Crippen LogP contribution in [0.15, 0.2) is 36.5 Å². The van der Waals surface area contributed by atoms with E-state index in [9.17, 15) is 9.18 Å². The highest BCUT2D eigenvalue weighted by Gasteiger charge is 2.12. The lowest BCUT2D eigenvalue weighted by molar-refractivity contribution is 0.0595. The quantitative estimate of drug-likeness (QED) is 0.691. The molecule has 0 aliphatic heterocycles. The number of carbonyl (C=O) groups is 1. The molecule has 1 aromatic carbocycles. The third kappa shape index (κ3) is 3.00. The van der Waals surface area contributed by atoms with Gasteiger partial charge in [0.25, 0.3) is 0 Å². The molecule has 0 aliphatic carbocycles. The fourth-order valence-corrected chi connectivity index (χ4v) is 1.67. The molecule has 0 radical (unpaired) electrons. The molecular formula is C13H10ClFN2O2. The maximum atomic E-state index is 13.7. The fraction of sp³-hybridized carbons (Fsp3) is 0.0769. The number of hydrogen-bond donors (Lipinski definition) is 1. The molecule has 2 aromatic rings. The molecule has 6 heteroatoms. The zero-order valence-corrected chi connectivity index (χ0v) is 10.7. The van der Waals surface area contributed by atoms with Crippen LogP contribution in [-0.4, -0.2) is 18.1 Å². The summed E-state index contributed by atoms with van der Waals surface area (Å²) in [6, 6.07) is 7.50. The average molecular weight is 281 g/mol. The summed E-state index contributed by atoms with van der Waals surface area (Å²) in [7, 11) is 1.20. The molecule has 0 saturated carbocycles. The highest BCUT2D eigenvalue weighted by molar-refractivity contribution is 6.32. The number of benzene rings is 1. The van der Waals surface area contributed by atoms with E-state index < -0.39 is 11.8 Å². The van der Waals surface area contributed by atoms with Gasteiger partial charge in [-0.2, -0.15) is 0 Å². The molecule has 0 bridgehead atoms. The Bertz CT molecular complexity index is 619. The topological polar surface area (TPSA) is 51.2 Å². The Morgan fingerprint density at radius 2 is 2.21 bits per heavy atom. The number of ether oxygens (including phenoxy) is 1. The number of methoxy groups -OCH3 is 1. The standard InChI is InChI=1S/C13H10ClFN2O2/c1-19-13(18)9-5-4-8(7-10(9)15)17-11-3-2-6-16-12(11)14/h2-7,17H,1H3. The number of pyridine rings is 1. The number of halogens is 2. The Hall–Kier alpha value is -2.14. The van der Waals surface area contributed by atoms with Crippen molar-refractivity contribution in [3.63, 3.8) is 0 Å². The van der Waals surface area contributed by atoms with E-state index in [1.165, 1.54) is 19.2 Å². The summed E-state index contributed by atoms with van der Waals surface area (Å²) >= 11 is 5.88. The van der Waals surface area contributed by atoms with Crippen LogP contribution in [0.1, 0.15) is 10.4 Å². The molecule has 0 atom stereocenters. The Kier molecular flexibility index (Phi) is 3.97. The normalized spacial score (nSPS) is 10.1. The number of esters is 1. The van der Waals surface area contributed by atoms with Gasteiger partial charge in [-0.15, -0.1) is 0 Å². The number of rotatable bonds is 3.